The maximum Gasteiger partial charge on any atom is 0.273 e. The molecule has 4 rings (SSSR count). The first kappa shape index (κ1) is 16.0. The molecule has 128 valence electrons. The van der Waals surface area contributed by atoms with E-state index in [1.165, 1.54) is 22.5 Å². The monoisotopic (exact) mass is 352 g/mol. The summed E-state index contributed by atoms with van der Waals surface area (Å²) in [6, 6.07) is 8.64. The molecule has 0 saturated carbocycles. The van der Waals surface area contributed by atoms with Crippen molar-refractivity contribution in [2.75, 3.05) is 6.54 Å². The smallest absolute Gasteiger partial charge is 0.273 e. The number of hydrogen-bond acceptors (Lipinski definition) is 4. The van der Waals surface area contributed by atoms with E-state index < -0.39 is 0 Å². The lowest BCUT2D eigenvalue weighted by atomic mass is 10.0. The molecule has 0 bridgehead atoms. The van der Waals surface area contributed by atoms with Crippen molar-refractivity contribution < 1.29 is 4.79 Å². The van der Waals surface area contributed by atoms with E-state index in [0.29, 0.717) is 5.69 Å². The number of hydrogen-bond donors (Lipinski definition) is 0. The van der Waals surface area contributed by atoms with E-state index in [4.69, 9.17) is 0 Å². The Hall–Kier alpha value is -2.47. The molecule has 1 aromatic carbocycles. The normalized spacial score (nSPS) is 17.2. The Morgan fingerprint density at radius 2 is 2.08 bits per heavy atom. The summed E-state index contributed by atoms with van der Waals surface area (Å²) in [6.45, 7) is 2.87. The van der Waals surface area contributed by atoms with Crippen LogP contribution >= 0.6 is 11.3 Å². The average molecular weight is 352 g/mol. The summed E-state index contributed by atoms with van der Waals surface area (Å²) >= 11 is 1.49. The van der Waals surface area contributed by atoms with Gasteiger partial charge in [-0.25, -0.2) is 4.98 Å². The number of carbonyl (C=O) groups excluding carboxylic acids is 1. The van der Waals surface area contributed by atoms with Gasteiger partial charge in [-0.3, -0.25) is 9.48 Å². The molecule has 1 amide bonds. The highest BCUT2D eigenvalue weighted by molar-refractivity contribution is 7.13. The molecule has 1 atom stereocenters. The molecule has 1 fully saturated rings. The van der Waals surface area contributed by atoms with Crippen LogP contribution in [0, 0.1) is 6.92 Å². The fourth-order valence-electron chi connectivity index (χ4n) is 3.33. The second-order valence-corrected chi connectivity index (χ2v) is 7.37. The maximum atomic E-state index is 13.0. The van der Waals surface area contributed by atoms with Crippen LogP contribution in [0.1, 0.15) is 40.5 Å². The van der Waals surface area contributed by atoms with Crippen molar-refractivity contribution in [3.63, 3.8) is 0 Å². The van der Waals surface area contributed by atoms with Gasteiger partial charge in [0.2, 0.25) is 0 Å². The molecule has 1 aliphatic heterocycles. The van der Waals surface area contributed by atoms with Crippen LogP contribution in [0.3, 0.4) is 0 Å². The lowest BCUT2D eigenvalue weighted by molar-refractivity contribution is 0.0730. The van der Waals surface area contributed by atoms with Crippen LogP contribution in [0.25, 0.3) is 10.6 Å². The number of likely N-dealkylation sites (tertiary alicyclic amines) is 1. The molecule has 0 N–H and O–H groups in total. The van der Waals surface area contributed by atoms with E-state index in [2.05, 4.69) is 41.3 Å². The molecule has 1 aliphatic rings. The lowest BCUT2D eigenvalue weighted by Gasteiger charge is -2.24. The second-order valence-electron chi connectivity index (χ2n) is 6.51. The summed E-state index contributed by atoms with van der Waals surface area (Å²) in [4.78, 5) is 19.5. The van der Waals surface area contributed by atoms with Crippen molar-refractivity contribution in [2.24, 2.45) is 7.05 Å². The third kappa shape index (κ3) is 3.09. The Labute approximate surface area is 150 Å². The van der Waals surface area contributed by atoms with E-state index in [0.717, 1.165) is 30.0 Å². The third-order valence-corrected chi connectivity index (χ3v) is 5.54. The summed E-state index contributed by atoms with van der Waals surface area (Å²) in [5.41, 5.74) is 3.92. The number of nitrogens with zero attached hydrogens (tertiary/aromatic N) is 4. The minimum atomic E-state index is 0.0227. The molecule has 0 radical (unpaired) electrons. The SMILES string of the molecule is Cc1ccc(C2CCCN2C(=O)c2csc(-c3cnn(C)c3)n2)cc1. The van der Waals surface area contributed by atoms with Gasteiger partial charge in [0, 0.05) is 30.7 Å². The average Bonchev–Trinajstić information content (AvgIpc) is 3.35. The van der Waals surface area contributed by atoms with Gasteiger partial charge < -0.3 is 4.90 Å². The van der Waals surface area contributed by atoms with Gasteiger partial charge in [-0.2, -0.15) is 5.10 Å². The quantitative estimate of drug-likeness (QED) is 0.720. The molecular formula is C19H20N4OS. The first-order chi connectivity index (χ1) is 12.1. The minimum absolute atomic E-state index is 0.0227. The highest BCUT2D eigenvalue weighted by atomic mass is 32.1. The van der Waals surface area contributed by atoms with Crippen molar-refractivity contribution in [1.29, 1.82) is 0 Å². The van der Waals surface area contributed by atoms with Gasteiger partial charge in [-0.05, 0) is 25.3 Å². The Balaban J connectivity index is 1.57. The van der Waals surface area contributed by atoms with E-state index in [1.807, 2.05) is 23.5 Å². The Morgan fingerprint density at radius 1 is 1.28 bits per heavy atom. The highest BCUT2D eigenvalue weighted by Gasteiger charge is 2.31. The largest absolute Gasteiger partial charge is 0.330 e. The van der Waals surface area contributed by atoms with Gasteiger partial charge in [0.25, 0.3) is 5.91 Å². The Kier molecular flexibility index (Phi) is 4.13. The fraction of sp³-hybridized carbons (Fsp3) is 0.316. The topological polar surface area (TPSA) is 51.0 Å². The van der Waals surface area contributed by atoms with Crippen LogP contribution in [0.4, 0.5) is 0 Å². The number of rotatable bonds is 3. The van der Waals surface area contributed by atoms with Crippen LogP contribution in [0.2, 0.25) is 0 Å². The van der Waals surface area contributed by atoms with Crippen molar-refractivity contribution in [2.45, 2.75) is 25.8 Å². The molecule has 0 aliphatic carbocycles. The third-order valence-electron chi connectivity index (χ3n) is 4.65. The fourth-order valence-corrected chi connectivity index (χ4v) is 4.10. The zero-order valence-corrected chi connectivity index (χ0v) is 15.2. The minimum Gasteiger partial charge on any atom is -0.330 e. The van der Waals surface area contributed by atoms with Crippen molar-refractivity contribution in [1.82, 2.24) is 19.7 Å². The number of carbonyl (C=O) groups is 1. The van der Waals surface area contributed by atoms with Crippen LogP contribution < -0.4 is 0 Å². The Morgan fingerprint density at radius 3 is 2.80 bits per heavy atom. The molecule has 25 heavy (non-hydrogen) atoms. The molecule has 1 saturated heterocycles. The van der Waals surface area contributed by atoms with Gasteiger partial charge in [0.15, 0.2) is 0 Å². The van der Waals surface area contributed by atoms with Gasteiger partial charge in [-0.1, -0.05) is 29.8 Å². The van der Waals surface area contributed by atoms with Gasteiger partial charge in [0.05, 0.1) is 12.2 Å². The van der Waals surface area contributed by atoms with Crippen LogP contribution in [0.15, 0.2) is 42.0 Å². The summed E-state index contributed by atoms with van der Waals surface area (Å²) in [7, 11) is 1.87. The number of benzene rings is 1. The summed E-state index contributed by atoms with van der Waals surface area (Å²) in [6.07, 6.45) is 5.73. The van der Waals surface area contributed by atoms with Gasteiger partial charge in [0.1, 0.15) is 10.7 Å². The van der Waals surface area contributed by atoms with Gasteiger partial charge in [-0.15, -0.1) is 11.3 Å². The first-order valence-corrected chi connectivity index (χ1v) is 9.32. The van der Waals surface area contributed by atoms with Crippen molar-refractivity contribution >= 4 is 17.2 Å². The Bertz CT molecular complexity index is 896. The van der Waals surface area contributed by atoms with E-state index in [-0.39, 0.29) is 11.9 Å². The number of amides is 1. The maximum absolute atomic E-state index is 13.0. The summed E-state index contributed by atoms with van der Waals surface area (Å²) in [5, 5.41) is 6.86. The van der Waals surface area contributed by atoms with E-state index >= 15 is 0 Å². The zero-order valence-electron chi connectivity index (χ0n) is 14.3. The van der Waals surface area contributed by atoms with Crippen LogP contribution in [-0.2, 0) is 7.05 Å². The number of aryl methyl sites for hydroxylation is 2. The van der Waals surface area contributed by atoms with E-state index in [9.17, 15) is 4.79 Å². The lowest BCUT2D eigenvalue weighted by Crippen LogP contribution is -2.30. The van der Waals surface area contributed by atoms with Gasteiger partial charge >= 0.3 is 0 Å². The highest BCUT2D eigenvalue weighted by Crippen LogP contribution is 2.34. The predicted molar refractivity (Wildman–Crippen MR) is 98.5 cm³/mol. The molecule has 0 spiro atoms. The molecule has 2 aromatic heterocycles. The molecule has 6 heteroatoms. The summed E-state index contributed by atoms with van der Waals surface area (Å²) in [5.74, 6) is 0.0227. The van der Waals surface area contributed by atoms with Crippen molar-refractivity contribution in [3.8, 4) is 10.6 Å². The molecule has 3 aromatic rings. The standard InChI is InChI=1S/C19H20N4OS/c1-13-5-7-14(8-6-13)17-4-3-9-23(17)19(24)16-12-25-18(21-16)15-10-20-22(2)11-15/h5-8,10-12,17H,3-4,9H2,1-2H3. The zero-order chi connectivity index (χ0) is 17.4. The second kappa shape index (κ2) is 6.44. The molecule has 3 heterocycles. The number of thiazole rings is 1. The predicted octanol–water partition coefficient (Wildman–Crippen LogP) is 3.83. The van der Waals surface area contributed by atoms with Crippen LogP contribution in [0.5, 0.6) is 0 Å². The molecule has 1 unspecified atom stereocenters. The summed E-state index contributed by atoms with van der Waals surface area (Å²) < 4.78 is 1.74. The van der Waals surface area contributed by atoms with Crippen molar-refractivity contribution in [3.05, 3.63) is 58.9 Å². The number of aromatic nitrogens is 3. The molecule has 5 nitrogen and oxygen atoms in total. The first-order valence-electron chi connectivity index (χ1n) is 8.44. The molecular weight excluding hydrogens is 332 g/mol. The van der Waals surface area contributed by atoms with E-state index in [1.54, 1.807) is 10.9 Å². The van der Waals surface area contributed by atoms with Crippen LogP contribution in [-0.4, -0.2) is 32.1 Å².